The molecule has 3 rings (SSSR count). The molecule has 24 heavy (non-hydrogen) atoms. The Morgan fingerprint density at radius 2 is 2.08 bits per heavy atom. The van der Waals surface area contributed by atoms with Gasteiger partial charge in [0, 0.05) is 5.56 Å². The van der Waals surface area contributed by atoms with E-state index in [2.05, 4.69) is 15.5 Å². The van der Waals surface area contributed by atoms with E-state index in [1.165, 1.54) is 11.3 Å². The normalized spacial score (nSPS) is 10.5. The third-order valence-electron chi connectivity index (χ3n) is 3.02. The summed E-state index contributed by atoms with van der Waals surface area (Å²) in [6, 6.07) is 13.2. The topological polar surface area (TPSA) is 89.0 Å². The summed E-state index contributed by atoms with van der Waals surface area (Å²) >= 11 is 1.33. The van der Waals surface area contributed by atoms with Crippen molar-refractivity contribution in [3.05, 3.63) is 59.4 Å². The van der Waals surface area contributed by atoms with Crippen molar-refractivity contribution in [3.63, 3.8) is 0 Å². The number of H-pyrrole nitrogens is 1. The molecule has 0 aliphatic carbocycles. The molecule has 0 fully saturated rings. The number of benzene rings is 1. The summed E-state index contributed by atoms with van der Waals surface area (Å²) in [5.41, 5.74) is 4.59. The number of nitrogens with zero attached hydrogens (tertiary/aromatic N) is 1. The predicted molar refractivity (Wildman–Crippen MR) is 87.6 cm³/mol. The predicted octanol–water partition coefficient (Wildman–Crippen LogP) is -0.101. The van der Waals surface area contributed by atoms with Crippen molar-refractivity contribution in [3.8, 4) is 11.3 Å². The lowest BCUT2D eigenvalue weighted by atomic mass is 10.1. The van der Waals surface area contributed by atoms with Crippen LogP contribution in [0.2, 0.25) is 0 Å². The maximum Gasteiger partial charge on any atom is 0.357 e. The molecular formula is C16H14BrN3O3S. The minimum Gasteiger partial charge on any atom is -1.00 e. The number of aromatic nitrogens is 1. The first-order chi connectivity index (χ1) is 11.2. The van der Waals surface area contributed by atoms with Crippen molar-refractivity contribution < 1.29 is 36.3 Å². The first-order valence-electron chi connectivity index (χ1n) is 6.87. The first-order valence-corrected chi connectivity index (χ1v) is 7.69. The van der Waals surface area contributed by atoms with Crippen LogP contribution in [-0.2, 0) is 11.2 Å². The van der Waals surface area contributed by atoms with Crippen molar-refractivity contribution in [2.24, 2.45) is 5.10 Å². The Morgan fingerprint density at radius 1 is 1.29 bits per heavy atom. The number of hydrogen-bond acceptors (Lipinski definition) is 5. The van der Waals surface area contributed by atoms with Crippen LogP contribution in [0.3, 0.4) is 0 Å². The molecule has 0 aliphatic heterocycles. The van der Waals surface area contributed by atoms with Gasteiger partial charge in [0.1, 0.15) is 17.7 Å². The molecule has 0 unspecified atom stereocenters. The zero-order valence-corrected chi connectivity index (χ0v) is 14.8. The molecule has 124 valence electrons. The lowest BCUT2D eigenvalue weighted by molar-refractivity contribution is -0.341. The molecule has 8 heteroatoms. The van der Waals surface area contributed by atoms with Gasteiger partial charge in [-0.05, 0) is 23.5 Å². The molecule has 2 heterocycles. The van der Waals surface area contributed by atoms with Gasteiger partial charge in [-0.25, -0.2) is 4.98 Å². The van der Waals surface area contributed by atoms with Crippen LogP contribution in [0.1, 0.15) is 10.6 Å². The van der Waals surface area contributed by atoms with Gasteiger partial charge in [0.15, 0.2) is 0 Å². The highest BCUT2D eigenvalue weighted by atomic mass is 79.9. The molecule has 3 N–H and O–H groups in total. The maximum atomic E-state index is 11.1. The van der Waals surface area contributed by atoms with Gasteiger partial charge in [0.25, 0.3) is 0 Å². The summed E-state index contributed by atoms with van der Waals surface area (Å²) in [4.78, 5) is 15.0. The molecule has 0 aliphatic rings. The highest BCUT2D eigenvalue weighted by molar-refractivity contribution is 7.15. The number of carboxylic acid groups (broad SMARTS) is 1. The van der Waals surface area contributed by atoms with Crippen LogP contribution in [0.4, 0.5) is 5.13 Å². The number of halogens is 1. The monoisotopic (exact) mass is 407 g/mol. The van der Waals surface area contributed by atoms with E-state index in [0.717, 1.165) is 16.1 Å². The second kappa shape index (κ2) is 8.42. The summed E-state index contributed by atoms with van der Waals surface area (Å²) in [7, 11) is 0. The number of hydrogen-bond donors (Lipinski definition) is 2. The van der Waals surface area contributed by atoms with Crippen molar-refractivity contribution in [1.82, 2.24) is 0 Å². The average molecular weight is 408 g/mol. The minimum absolute atomic E-state index is 0. The number of thiazole rings is 1. The molecule has 0 saturated carbocycles. The van der Waals surface area contributed by atoms with E-state index in [-0.39, 0.29) is 23.4 Å². The van der Waals surface area contributed by atoms with Gasteiger partial charge in [-0.1, -0.05) is 35.4 Å². The number of anilines is 1. The largest absolute Gasteiger partial charge is 1.00 e. The summed E-state index contributed by atoms with van der Waals surface area (Å²) in [6.45, 7) is 0. The fourth-order valence-electron chi connectivity index (χ4n) is 2.05. The quantitative estimate of drug-likeness (QED) is 0.441. The van der Waals surface area contributed by atoms with Crippen LogP contribution < -0.4 is 27.4 Å². The fourth-order valence-corrected chi connectivity index (χ4v) is 3.02. The summed E-state index contributed by atoms with van der Waals surface area (Å²) in [5.74, 6) is -0.244. The molecule has 1 aromatic carbocycles. The summed E-state index contributed by atoms with van der Waals surface area (Å²) in [5, 5.41) is 13.8. The Labute approximate surface area is 152 Å². The highest BCUT2D eigenvalue weighted by Crippen LogP contribution is 2.27. The second-order valence-electron chi connectivity index (χ2n) is 4.68. The number of aromatic amines is 1. The van der Waals surface area contributed by atoms with Crippen LogP contribution >= 0.6 is 11.3 Å². The summed E-state index contributed by atoms with van der Waals surface area (Å²) < 4.78 is 5.15. The minimum atomic E-state index is -0.872. The van der Waals surface area contributed by atoms with E-state index in [1.54, 1.807) is 24.6 Å². The molecule has 2 aromatic heterocycles. The first kappa shape index (κ1) is 17.9. The number of carbonyl (C=O) groups is 1. The van der Waals surface area contributed by atoms with Gasteiger partial charge >= 0.3 is 11.1 Å². The number of nitrogens with one attached hydrogen (secondary N) is 2. The van der Waals surface area contributed by atoms with E-state index < -0.39 is 5.97 Å². The Morgan fingerprint density at radius 3 is 2.75 bits per heavy atom. The lowest BCUT2D eigenvalue weighted by Crippen LogP contribution is -3.00. The Balaban J connectivity index is 0.00000208. The average Bonchev–Trinajstić information content (AvgIpc) is 3.18. The van der Waals surface area contributed by atoms with E-state index >= 15 is 0 Å². The maximum absolute atomic E-state index is 11.1. The molecule has 3 aromatic rings. The van der Waals surface area contributed by atoms with E-state index in [0.29, 0.717) is 10.9 Å². The second-order valence-corrected chi connectivity index (χ2v) is 5.78. The zero-order chi connectivity index (χ0) is 16.1. The SMILES string of the molecule is O=C(O)Cc1sc(NN=Cc2ccco2)[nH+]c1-c1ccccc1.[Br-]. The molecule has 0 atom stereocenters. The zero-order valence-electron chi connectivity index (χ0n) is 12.4. The number of hydrazone groups is 1. The Kier molecular flexibility index (Phi) is 6.28. The van der Waals surface area contributed by atoms with E-state index in [4.69, 9.17) is 9.52 Å². The van der Waals surface area contributed by atoms with Crippen LogP contribution in [0.25, 0.3) is 11.3 Å². The molecular weight excluding hydrogens is 394 g/mol. The van der Waals surface area contributed by atoms with Crippen LogP contribution in [0.5, 0.6) is 0 Å². The van der Waals surface area contributed by atoms with Gasteiger partial charge in [0.05, 0.1) is 17.6 Å². The molecule has 0 spiro atoms. The molecule has 0 saturated heterocycles. The standard InChI is InChI=1S/C16H13N3O3S.BrH/c20-14(21)9-13-15(11-5-2-1-3-6-11)18-16(23-13)19-17-10-12-7-4-8-22-12;/h1-8,10H,9H2,(H,18,19)(H,20,21);1H. The van der Waals surface area contributed by atoms with Crippen LogP contribution in [-0.4, -0.2) is 17.3 Å². The van der Waals surface area contributed by atoms with Gasteiger partial charge in [0.2, 0.25) is 0 Å². The van der Waals surface area contributed by atoms with Crippen molar-refractivity contribution in [1.29, 1.82) is 0 Å². The van der Waals surface area contributed by atoms with Gasteiger partial charge < -0.3 is 26.5 Å². The molecule has 0 radical (unpaired) electrons. The Hall–Kier alpha value is -2.45. The number of rotatable bonds is 6. The number of carboxylic acids is 1. The van der Waals surface area contributed by atoms with Gasteiger partial charge in [-0.3, -0.25) is 4.79 Å². The fraction of sp³-hybridized carbons (Fsp3) is 0.0625. The van der Waals surface area contributed by atoms with Crippen molar-refractivity contribution >= 4 is 28.7 Å². The lowest BCUT2D eigenvalue weighted by Gasteiger charge is -1.97. The molecule has 6 nitrogen and oxygen atoms in total. The summed E-state index contributed by atoms with van der Waals surface area (Å²) in [6.07, 6.45) is 3.07. The smallest absolute Gasteiger partial charge is 0.357 e. The Bertz CT molecular complexity index is 816. The highest BCUT2D eigenvalue weighted by Gasteiger charge is 2.19. The molecule has 0 amide bonds. The van der Waals surface area contributed by atoms with Crippen molar-refractivity contribution in [2.75, 3.05) is 5.43 Å². The number of aliphatic carboxylic acids is 1. The van der Waals surface area contributed by atoms with Crippen LogP contribution in [0, 0.1) is 0 Å². The van der Waals surface area contributed by atoms with Gasteiger partial charge in [-0.2, -0.15) is 0 Å². The van der Waals surface area contributed by atoms with E-state index in [9.17, 15) is 4.79 Å². The molecule has 0 bridgehead atoms. The van der Waals surface area contributed by atoms with Gasteiger partial charge in [-0.15, -0.1) is 5.43 Å². The van der Waals surface area contributed by atoms with Crippen molar-refractivity contribution in [2.45, 2.75) is 6.42 Å². The number of furan rings is 1. The van der Waals surface area contributed by atoms with Crippen LogP contribution in [0.15, 0.2) is 58.2 Å². The third-order valence-corrected chi connectivity index (χ3v) is 4.01. The van der Waals surface area contributed by atoms with E-state index in [1.807, 2.05) is 30.3 Å². The third kappa shape index (κ3) is 4.53.